The molecule has 1 aliphatic rings. The zero-order valence-corrected chi connectivity index (χ0v) is 15.4. The van der Waals surface area contributed by atoms with E-state index in [0.717, 1.165) is 5.56 Å². The van der Waals surface area contributed by atoms with Gasteiger partial charge in [-0.05, 0) is 11.1 Å². The summed E-state index contributed by atoms with van der Waals surface area (Å²) >= 11 is 6.08. The fraction of sp³-hybridized carbons (Fsp3) is 0.278. The summed E-state index contributed by atoms with van der Waals surface area (Å²) in [6, 6.07) is 14.0. The molecule has 0 unspecified atom stereocenters. The number of hydrogen-bond donors (Lipinski definition) is 1. The second-order valence-corrected chi connectivity index (χ2v) is 6.60. The van der Waals surface area contributed by atoms with Crippen molar-refractivity contribution in [2.24, 2.45) is 5.73 Å². The Labute approximate surface area is 162 Å². The highest BCUT2D eigenvalue weighted by Gasteiger charge is 2.33. The van der Waals surface area contributed by atoms with Crippen LogP contribution >= 0.6 is 24.0 Å². The van der Waals surface area contributed by atoms with Crippen LogP contribution in [0.15, 0.2) is 48.5 Å². The van der Waals surface area contributed by atoms with Crippen molar-refractivity contribution in [3.05, 3.63) is 74.8 Å². The van der Waals surface area contributed by atoms with Crippen molar-refractivity contribution in [2.45, 2.75) is 18.4 Å². The van der Waals surface area contributed by atoms with Gasteiger partial charge in [0, 0.05) is 37.2 Å². The summed E-state index contributed by atoms with van der Waals surface area (Å²) in [6.45, 7) is 1.05. The minimum absolute atomic E-state index is 0. The lowest BCUT2D eigenvalue weighted by Gasteiger charge is -2.17. The van der Waals surface area contributed by atoms with E-state index >= 15 is 0 Å². The van der Waals surface area contributed by atoms with Gasteiger partial charge in [0.1, 0.15) is 0 Å². The lowest BCUT2D eigenvalue weighted by atomic mass is 9.95. The van der Waals surface area contributed by atoms with Gasteiger partial charge in [-0.2, -0.15) is 0 Å². The molecule has 3 rings (SSSR count). The summed E-state index contributed by atoms with van der Waals surface area (Å²) in [7, 11) is 0. The number of nitrogens with zero attached hydrogens (tertiary/aromatic N) is 2. The van der Waals surface area contributed by atoms with E-state index in [1.807, 2.05) is 30.3 Å². The van der Waals surface area contributed by atoms with Crippen LogP contribution in [0, 0.1) is 10.1 Å². The van der Waals surface area contributed by atoms with Crippen LogP contribution in [0.3, 0.4) is 0 Å². The number of nitro benzene ring substituents is 1. The van der Waals surface area contributed by atoms with Gasteiger partial charge in [0.25, 0.3) is 5.69 Å². The van der Waals surface area contributed by atoms with Crippen LogP contribution < -0.4 is 5.73 Å². The minimum atomic E-state index is -0.512. The first-order valence-corrected chi connectivity index (χ1v) is 8.34. The Hall–Kier alpha value is -2.15. The molecular formula is C18H19Cl2N3O3. The second-order valence-electron chi connectivity index (χ2n) is 6.19. The number of benzene rings is 2. The molecular weight excluding hydrogens is 377 g/mol. The molecule has 0 radical (unpaired) electrons. The van der Waals surface area contributed by atoms with Crippen molar-refractivity contribution in [3.8, 4) is 0 Å². The van der Waals surface area contributed by atoms with Crippen LogP contribution in [0.4, 0.5) is 5.69 Å². The second kappa shape index (κ2) is 8.49. The smallest absolute Gasteiger partial charge is 0.270 e. The van der Waals surface area contributed by atoms with Gasteiger partial charge in [-0.3, -0.25) is 14.9 Å². The molecule has 0 aliphatic carbocycles. The molecule has 1 fully saturated rings. The average molecular weight is 396 g/mol. The summed E-state index contributed by atoms with van der Waals surface area (Å²) in [5.74, 6) is 0.0297. The minimum Gasteiger partial charge on any atom is -0.340 e. The third-order valence-electron chi connectivity index (χ3n) is 4.53. The van der Waals surface area contributed by atoms with E-state index in [1.54, 1.807) is 4.90 Å². The van der Waals surface area contributed by atoms with Crippen molar-refractivity contribution in [3.63, 3.8) is 0 Å². The molecule has 26 heavy (non-hydrogen) atoms. The number of carbonyl (C=O) groups is 1. The summed E-state index contributed by atoms with van der Waals surface area (Å²) in [5, 5.41) is 11.0. The molecule has 0 saturated carbocycles. The van der Waals surface area contributed by atoms with Gasteiger partial charge in [-0.1, -0.05) is 48.0 Å². The Bertz CT molecular complexity index is 802. The van der Waals surface area contributed by atoms with Gasteiger partial charge in [0.15, 0.2) is 0 Å². The average Bonchev–Trinajstić information content (AvgIpc) is 2.99. The van der Waals surface area contributed by atoms with Gasteiger partial charge < -0.3 is 10.6 Å². The highest BCUT2D eigenvalue weighted by Crippen LogP contribution is 2.28. The first-order valence-electron chi connectivity index (χ1n) is 7.97. The van der Waals surface area contributed by atoms with Gasteiger partial charge in [-0.25, -0.2) is 0 Å². The van der Waals surface area contributed by atoms with E-state index in [-0.39, 0.29) is 47.4 Å². The molecule has 1 aliphatic heterocycles. The largest absolute Gasteiger partial charge is 0.340 e. The quantitative estimate of drug-likeness (QED) is 0.635. The zero-order chi connectivity index (χ0) is 18.0. The van der Waals surface area contributed by atoms with Gasteiger partial charge in [0.05, 0.1) is 16.4 Å². The molecule has 2 N–H and O–H groups in total. The van der Waals surface area contributed by atoms with Crippen LogP contribution in [0.5, 0.6) is 0 Å². The number of hydrogen-bond acceptors (Lipinski definition) is 4. The molecule has 0 spiro atoms. The molecule has 6 nitrogen and oxygen atoms in total. The number of non-ortho nitro benzene ring substituents is 1. The molecule has 2 aromatic carbocycles. The summed E-state index contributed by atoms with van der Waals surface area (Å²) in [6.07, 6.45) is 0.102. The summed E-state index contributed by atoms with van der Waals surface area (Å²) in [4.78, 5) is 24.6. The molecule has 1 heterocycles. The van der Waals surface area contributed by atoms with Crippen LogP contribution in [0.25, 0.3) is 0 Å². The maximum absolute atomic E-state index is 12.6. The van der Waals surface area contributed by atoms with Gasteiger partial charge in [0.2, 0.25) is 5.91 Å². The molecule has 1 saturated heterocycles. The van der Waals surface area contributed by atoms with Gasteiger partial charge in [-0.15, -0.1) is 12.4 Å². The Balaban J connectivity index is 0.00000243. The Morgan fingerprint density at radius 2 is 1.92 bits per heavy atom. The normalized spacial score (nSPS) is 19.1. The molecule has 1 amide bonds. The Kier molecular flexibility index (Phi) is 6.58. The lowest BCUT2D eigenvalue weighted by Crippen LogP contribution is -2.33. The standard InChI is InChI=1S/C18H18ClN3O3.ClH/c19-16-9-14(22(24)25)7-6-13(16)8-18(23)21-10-15(17(20)11-21)12-4-2-1-3-5-12;/h1-7,9,15,17H,8,10-11,20H2;1H/t15-,17+;/m0./s1. The highest BCUT2D eigenvalue weighted by atomic mass is 35.5. The van der Waals surface area contributed by atoms with E-state index in [2.05, 4.69) is 0 Å². The van der Waals surface area contributed by atoms with E-state index in [9.17, 15) is 14.9 Å². The van der Waals surface area contributed by atoms with Crippen LogP contribution in [-0.2, 0) is 11.2 Å². The number of likely N-dealkylation sites (tertiary alicyclic amines) is 1. The van der Waals surface area contributed by atoms with Gasteiger partial charge >= 0.3 is 0 Å². The number of halogens is 2. The summed E-state index contributed by atoms with van der Waals surface area (Å²) in [5.41, 5.74) is 7.83. The number of carbonyl (C=O) groups excluding carboxylic acids is 1. The molecule has 138 valence electrons. The van der Waals surface area contributed by atoms with E-state index < -0.39 is 4.92 Å². The fourth-order valence-electron chi connectivity index (χ4n) is 3.15. The van der Waals surface area contributed by atoms with E-state index in [4.69, 9.17) is 17.3 Å². The van der Waals surface area contributed by atoms with E-state index in [1.165, 1.54) is 18.2 Å². The van der Waals surface area contributed by atoms with Crippen molar-refractivity contribution in [1.82, 2.24) is 4.90 Å². The number of nitro groups is 1. The zero-order valence-electron chi connectivity index (χ0n) is 13.9. The Morgan fingerprint density at radius 1 is 1.23 bits per heavy atom. The summed E-state index contributed by atoms with van der Waals surface area (Å²) < 4.78 is 0. The van der Waals surface area contributed by atoms with Crippen LogP contribution in [0.2, 0.25) is 5.02 Å². The number of amides is 1. The highest BCUT2D eigenvalue weighted by molar-refractivity contribution is 6.31. The van der Waals surface area contributed by atoms with Crippen LogP contribution in [0.1, 0.15) is 17.0 Å². The molecule has 0 bridgehead atoms. The van der Waals surface area contributed by atoms with Crippen molar-refractivity contribution in [1.29, 1.82) is 0 Å². The fourth-order valence-corrected chi connectivity index (χ4v) is 3.40. The monoisotopic (exact) mass is 395 g/mol. The van der Waals surface area contributed by atoms with E-state index in [0.29, 0.717) is 18.7 Å². The maximum Gasteiger partial charge on any atom is 0.270 e. The topological polar surface area (TPSA) is 89.5 Å². The third-order valence-corrected chi connectivity index (χ3v) is 4.89. The van der Waals surface area contributed by atoms with Crippen LogP contribution in [-0.4, -0.2) is 34.9 Å². The number of nitrogens with two attached hydrogens (primary N) is 1. The SMILES string of the molecule is Cl.N[C@@H]1CN(C(=O)Cc2ccc([N+](=O)[O-])cc2Cl)C[C@H]1c1ccccc1. The number of rotatable bonds is 4. The van der Waals surface area contributed by atoms with Crippen molar-refractivity contribution >= 4 is 35.6 Å². The lowest BCUT2D eigenvalue weighted by molar-refractivity contribution is -0.384. The first kappa shape index (κ1) is 20.2. The van der Waals surface area contributed by atoms with Crippen molar-refractivity contribution < 1.29 is 9.72 Å². The molecule has 0 aromatic heterocycles. The first-order chi connectivity index (χ1) is 12.0. The Morgan fingerprint density at radius 3 is 2.54 bits per heavy atom. The third kappa shape index (κ3) is 4.33. The predicted molar refractivity (Wildman–Crippen MR) is 103 cm³/mol. The molecule has 2 atom stereocenters. The predicted octanol–water partition coefficient (Wildman–Crippen LogP) is 3.17. The van der Waals surface area contributed by atoms with Crippen molar-refractivity contribution in [2.75, 3.05) is 13.1 Å². The molecule has 8 heteroatoms. The maximum atomic E-state index is 12.6. The molecule has 2 aromatic rings.